The Hall–Kier alpha value is -0.419. The summed E-state index contributed by atoms with van der Waals surface area (Å²) in [6.45, 7) is -1.37. The van der Waals surface area contributed by atoms with Gasteiger partial charge in [0.05, 0.1) is 30.9 Å². The first-order chi connectivity index (χ1) is 24.0. The molecule has 1 aromatic carbocycles. The van der Waals surface area contributed by atoms with Gasteiger partial charge in [0.15, 0.2) is 12.6 Å². The molecule has 5 unspecified atom stereocenters. The van der Waals surface area contributed by atoms with Crippen molar-refractivity contribution in [2.45, 2.75) is 105 Å². The molecule has 1 aromatic rings. The van der Waals surface area contributed by atoms with Crippen molar-refractivity contribution in [1.82, 2.24) is 5.32 Å². The summed E-state index contributed by atoms with van der Waals surface area (Å²) in [5.41, 5.74) is 0.398. The van der Waals surface area contributed by atoms with Gasteiger partial charge >= 0.3 is 50.9 Å². The Bertz CT molecular complexity index is 1090. The summed E-state index contributed by atoms with van der Waals surface area (Å²) in [4.78, 5) is 12.0. The molecule has 0 aromatic heterocycles. The number of benzene rings is 1. The minimum Gasteiger partial charge on any atom is 0 e. The van der Waals surface area contributed by atoms with Gasteiger partial charge in [-0.1, -0.05) is 49.6 Å². The third kappa shape index (κ3) is 17.6. The van der Waals surface area contributed by atoms with E-state index in [9.17, 15) is 45.0 Å². The van der Waals surface area contributed by atoms with E-state index in [1.165, 1.54) is 32.1 Å². The number of carbonyl (C=O) groups is 1. The van der Waals surface area contributed by atoms with Crippen molar-refractivity contribution in [1.29, 1.82) is 0 Å². The fourth-order valence-corrected chi connectivity index (χ4v) is 5.21. The van der Waals surface area contributed by atoms with E-state index in [0.717, 1.165) is 26.0 Å². The van der Waals surface area contributed by atoms with Crippen molar-refractivity contribution in [2.75, 3.05) is 33.8 Å². The van der Waals surface area contributed by atoms with Crippen molar-refractivity contribution in [3.05, 3.63) is 35.9 Å². The molecule has 22 heteroatoms. The first-order valence-electron chi connectivity index (χ1n) is 15.5. The number of ether oxygens (including phenoxy) is 6. The quantitative estimate of drug-likeness (QED) is 0.0390. The average Bonchev–Trinajstić information content (AvgIpc) is 3.10. The van der Waals surface area contributed by atoms with Gasteiger partial charge in [0.25, 0.3) is 0 Å². The molecule has 302 valence electrons. The number of hydrogen-bond donors (Lipinski definition) is 3. The molecule has 1 saturated heterocycles. The summed E-state index contributed by atoms with van der Waals surface area (Å²) in [7, 11) is 1.02. The second kappa shape index (κ2) is 25.7. The SMILES string of the molecule is COC1OC(COC(O)c2ccccc2)CC(OCOCO)C1OSC(F)(F)C(F)(F)OC(F)(F)C(C)(F)F.O=CNCC1CCCCC1.[CH3][Sn].[Re]. The van der Waals surface area contributed by atoms with E-state index in [1.807, 2.05) is 0 Å². The predicted octanol–water partition coefficient (Wildman–Crippen LogP) is 5.76. The predicted molar refractivity (Wildman–Crippen MR) is 167 cm³/mol. The molecule has 1 aliphatic heterocycles. The van der Waals surface area contributed by atoms with Gasteiger partial charge in [0.2, 0.25) is 6.41 Å². The molecule has 3 rings (SSSR count). The van der Waals surface area contributed by atoms with Crippen molar-refractivity contribution in [3.8, 4) is 0 Å². The van der Waals surface area contributed by atoms with E-state index in [2.05, 4.69) is 19.7 Å². The first kappa shape index (κ1) is 51.6. The zero-order valence-corrected chi connectivity index (χ0v) is 34.9. The van der Waals surface area contributed by atoms with Crippen LogP contribution in [0.2, 0.25) is 4.94 Å². The summed E-state index contributed by atoms with van der Waals surface area (Å²) >= 11 is 0.184. The van der Waals surface area contributed by atoms with Gasteiger partial charge in [0, 0.05) is 53.0 Å². The molecule has 1 saturated carbocycles. The zero-order valence-electron chi connectivity index (χ0n) is 28.5. The Morgan fingerprint density at radius 1 is 1.04 bits per heavy atom. The van der Waals surface area contributed by atoms with E-state index in [1.54, 1.807) is 52.9 Å². The van der Waals surface area contributed by atoms with E-state index in [0.29, 0.717) is 5.56 Å². The van der Waals surface area contributed by atoms with Gasteiger partial charge in [-0.3, -0.25) is 8.98 Å². The number of hydrogen-bond acceptors (Lipinski definition) is 11. The van der Waals surface area contributed by atoms with Crippen LogP contribution in [0.4, 0.5) is 35.1 Å². The molecule has 1 amide bonds. The van der Waals surface area contributed by atoms with Crippen molar-refractivity contribution in [3.63, 3.8) is 0 Å². The molecule has 1 aliphatic carbocycles. The number of carbonyl (C=O) groups excluding carboxylic acids is 1. The number of halogens is 8. The van der Waals surface area contributed by atoms with E-state index in [4.69, 9.17) is 28.2 Å². The minimum absolute atomic E-state index is 0. The van der Waals surface area contributed by atoms with Crippen LogP contribution in [0.1, 0.15) is 57.3 Å². The number of methoxy groups -OCH3 is 1. The van der Waals surface area contributed by atoms with Crippen LogP contribution in [0.3, 0.4) is 0 Å². The zero-order chi connectivity index (χ0) is 38.7. The molecule has 4 radical (unpaired) electrons. The first-order valence-corrected chi connectivity index (χ1v) is 19.1. The Morgan fingerprint density at radius 2 is 1.65 bits per heavy atom. The van der Waals surface area contributed by atoms with Gasteiger partial charge in [-0.25, -0.2) is 4.74 Å². The molecular formula is C30H44F8NO10ReSSn. The maximum atomic E-state index is 14.1. The Balaban J connectivity index is 0.00000170. The van der Waals surface area contributed by atoms with Crippen molar-refractivity contribution in [2.24, 2.45) is 5.92 Å². The third-order valence-electron chi connectivity index (χ3n) is 7.25. The molecule has 2 fully saturated rings. The summed E-state index contributed by atoms with van der Waals surface area (Å²) < 4.78 is 141. The van der Waals surface area contributed by atoms with Gasteiger partial charge < -0.3 is 39.2 Å². The van der Waals surface area contributed by atoms with E-state index in [-0.39, 0.29) is 33.5 Å². The van der Waals surface area contributed by atoms with Crippen molar-refractivity contribution < 1.29 is 103 Å². The third-order valence-corrected chi connectivity index (χ3v) is 8.02. The van der Waals surface area contributed by atoms with E-state index >= 15 is 0 Å². The summed E-state index contributed by atoms with van der Waals surface area (Å²) in [5.74, 6) is -4.45. The molecule has 11 nitrogen and oxygen atoms in total. The summed E-state index contributed by atoms with van der Waals surface area (Å²) in [6.07, 6.45) is -11.9. The van der Waals surface area contributed by atoms with Crippen LogP contribution in [-0.4, -0.2) is 121 Å². The number of aliphatic hydroxyl groups is 2. The van der Waals surface area contributed by atoms with Gasteiger partial charge in [-0.15, -0.1) is 0 Å². The fourth-order valence-electron chi connectivity index (χ4n) is 4.62. The molecular weight excluding hydrogens is 1020 g/mol. The summed E-state index contributed by atoms with van der Waals surface area (Å²) in [6, 6.07) is 8.13. The maximum absolute atomic E-state index is 14.1. The van der Waals surface area contributed by atoms with Crippen LogP contribution in [0.5, 0.6) is 0 Å². The van der Waals surface area contributed by atoms with Crippen LogP contribution in [0, 0.1) is 5.92 Å². The topological polar surface area (TPSA) is 134 Å². The van der Waals surface area contributed by atoms with Gasteiger partial charge in [0.1, 0.15) is 19.7 Å². The molecule has 0 bridgehead atoms. The molecule has 2 aliphatic rings. The number of amides is 1. The monoisotopic (exact) mass is 1070 g/mol. The Labute approximate surface area is 328 Å². The smallest absolute Gasteiger partial charge is 0 e. The van der Waals surface area contributed by atoms with Crippen LogP contribution in [0.15, 0.2) is 30.3 Å². The molecule has 1 heterocycles. The fraction of sp³-hybridized carbons (Fsp3) is 0.767. The number of alkyl halides is 8. The van der Waals surface area contributed by atoms with Gasteiger partial charge in [-0.05, 0) is 18.8 Å². The standard InChI is InChI=1S/C21H26F8O9S.C8H15NO.CH3.Re.Sn/c1-18(22,23)19(24,25)38-20(26,27)21(28,29)39-37-15-14(35-11-33-10-30)8-13(36-17(15)32-2)9-34-16(31)12-6-4-3-5-7-12;10-7-9-6-8-4-2-1-3-5-8;;;/h3-7,13-17,30-31H,8-11H2,1-2H3;7-8H,1-6H2,(H,9,10);1H3;;. The van der Waals surface area contributed by atoms with E-state index < -0.39 is 86.8 Å². The normalized spacial score (nSPS) is 22.1. The number of rotatable bonds is 19. The largest absolute Gasteiger partial charge is 0 e. The van der Waals surface area contributed by atoms with Crippen LogP contribution >= 0.6 is 12.0 Å². The Morgan fingerprint density at radius 3 is 2.19 bits per heavy atom. The number of nitrogens with one attached hydrogen (secondary N) is 1. The molecule has 52 heavy (non-hydrogen) atoms. The van der Waals surface area contributed by atoms with Gasteiger partial charge in [-0.2, -0.15) is 35.1 Å². The minimum atomic E-state index is -6.13. The second-order valence-electron chi connectivity index (χ2n) is 11.1. The maximum Gasteiger partial charge on any atom is 0 e. The van der Waals surface area contributed by atoms with Crippen LogP contribution in [-0.2, 0) is 57.8 Å². The molecule has 0 spiro atoms. The Kier molecular flexibility index (Phi) is 25.5. The van der Waals surface area contributed by atoms with Crippen LogP contribution < -0.4 is 5.32 Å². The molecule has 5 atom stereocenters. The van der Waals surface area contributed by atoms with Crippen LogP contribution in [0.25, 0.3) is 0 Å². The second-order valence-corrected chi connectivity index (χ2v) is 11.9. The summed E-state index contributed by atoms with van der Waals surface area (Å²) in [5, 5.41) is 16.1. The number of aliphatic hydroxyl groups excluding tert-OH is 2. The van der Waals surface area contributed by atoms with Crippen molar-refractivity contribution >= 4 is 41.0 Å². The molecule has 3 N–H and O–H groups in total. The average molecular weight is 1070 g/mol.